The Balaban J connectivity index is 1.53. The number of anilines is 1. The number of ether oxygens (including phenoxy) is 1. The molecule has 0 aliphatic carbocycles. The number of methoxy groups -OCH3 is 1. The van der Waals surface area contributed by atoms with E-state index in [0.717, 1.165) is 34.5 Å². The van der Waals surface area contributed by atoms with Crippen LogP contribution in [0.1, 0.15) is 12.2 Å². The molecule has 1 aliphatic heterocycles. The van der Waals surface area contributed by atoms with Crippen LogP contribution in [0.3, 0.4) is 0 Å². The molecule has 1 aliphatic rings. The van der Waals surface area contributed by atoms with Crippen molar-refractivity contribution in [3.8, 4) is 17.0 Å². The number of benzene rings is 1. The molecule has 0 radical (unpaired) electrons. The fourth-order valence-electron chi connectivity index (χ4n) is 4.59. The maximum atomic E-state index is 14.5. The van der Waals surface area contributed by atoms with Crippen LogP contribution in [0.2, 0.25) is 0 Å². The van der Waals surface area contributed by atoms with Crippen LogP contribution in [-0.4, -0.2) is 75.2 Å². The van der Waals surface area contributed by atoms with Gasteiger partial charge in [-0.3, -0.25) is 0 Å². The van der Waals surface area contributed by atoms with Gasteiger partial charge in [0.1, 0.15) is 24.2 Å². The molecule has 10 heteroatoms. The maximum absolute atomic E-state index is 14.5. The standard InChI is InChI=1S/C23H27F2N7O/c1-14-26-19-5-4-15(12-20(19)31(14)11-8-24)16-6-10-32-21(16)22(33-3)28-23(29-32)27-18-7-9-30(2)13-17(18)25/h4-6,10,12,17-18H,7-9,11,13H2,1-3H3,(H,27,29)/t17-,18+/m0/s1. The number of likely N-dealkylation sites (tertiary alicyclic amines) is 1. The second-order valence-corrected chi connectivity index (χ2v) is 8.49. The van der Waals surface area contributed by atoms with E-state index in [1.165, 1.54) is 0 Å². The Morgan fingerprint density at radius 1 is 1.24 bits per heavy atom. The van der Waals surface area contributed by atoms with E-state index < -0.39 is 12.8 Å². The highest BCUT2D eigenvalue weighted by molar-refractivity contribution is 5.89. The zero-order valence-corrected chi connectivity index (χ0v) is 18.9. The zero-order valence-electron chi connectivity index (χ0n) is 18.9. The van der Waals surface area contributed by atoms with Gasteiger partial charge < -0.3 is 19.5 Å². The van der Waals surface area contributed by atoms with Crippen molar-refractivity contribution < 1.29 is 13.5 Å². The first kappa shape index (κ1) is 21.6. The van der Waals surface area contributed by atoms with E-state index in [0.29, 0.717) is 30.3 Å². The number of nitrogens with one attached hydrogen (secondary N) is 1. The van der Waals surface area contributed by atoms with E-state index in [4.69, 9.17) is 4.74 Å². The fraction of sp³-hybridized carbons (Fsp3) is 0.435. The average Bonchev–Trinajstić information content (AvgIpc) is 3.36. The summed E-state index contributed by atoms with van der Waals surface area (Å²) in [4.78, 5) is 11.0. The Kier molecular flexibility index (Phi) is 5.61. The summed E-state index contributed by atoms with van der Waals surface area (Å²) >= 11 is 0. The topological polar surface area (TPSA) is 72.5 Å². The summed E-state index contributed by atoms with van der Waals surface area (Å²) in [6.45, 7) is 2.87. The van der Waals surface area contributed by atoms with Crippen molar-refractivity contribution in [2.24, 2.45) is 0 Å². The van der Waals surface area contributed by atoms with Crippen molar-refractivity contribution in [1.29, 1.82) is 0 Å². The number of halogens is 2. The van der Waals surface area contributed by atoms with Crippen LogP contribution in [-0.2, 0) is 6.54 Å². The summed E-state index contributed by atoms with van der Waals surface area (Å²) in [5.74, 6) is 1.49. The van der Waals surface area contributed by atoms with Crippen LogP contribution in [0.15, 0.2) is 30.5 Å². The van der Waals surface area contributed by atoms with Gasteiger partial charge >= 0.3 is 0 Å². The lowest BCUT2D eigenvalue weighted by Gasteiger charge is -2.32. The van der Waals surface area contributed by atoms with Crippen molar-refractivity contribution in [2.45, 2.75) is 32.1 Å². The number of aryl methyl sites for hydroxylation is 2. The van der Waals surface area contributed by atoms with E-state index in [1.807, 2.05) is 53.9 Å². The summed E-state index contributed by atoms with van der Waals surface area (Å²) in [5.41, 5.74) is 4.20. The monoisotopic (exact) mass is 455 g/mol. The number of imidazole rings is 1. The second kappa shape index (κ2) is 8.58. The van der Waals surface area contributed by atoms with Gasteiger partial charge in [0, 0.05) is 24.8 Å². The molecule has 1 aromatic carbocycles. The number of fused-ring (bicyclic) bond motifs is 2. The van der Waals surface area contributed by atoms with Crippen molar-refractivity contribution in [3.05, 3.63) is 36.3 Å². The van der Waals surface area contributed by atoms with Gasteiger partial charge in [-0.25, -0.2) is 18.3 Å². The van der Waals surface area contributed by atoms with Crippen LogP contribution >= 0.6 is 0 Å². The highest BCUT2D eigenvalue weighted by atomic mass is 19.1. The van der Waals surface area contributed by atoms with E-state index >= 15 is 0 Å². The predicted octanol–water partition coefficient (Wildman–Crippen LogP) is 3.49. The van der Waals surface area contributed by atoms with Gasteiger partial charge in [-0.1, -0.05) is 6.07 Å². The first-order chi connectivity index (χ1) is 16.0. The van der Waals surface area contributed by atoms with Crippen molar-refractivity contribution in [1.82, 2.24) is 29.0 Å². The molecule has 0 amide bonds. The van der Waals surface area contributed by atoms with Crippen LogP contribution in [0.5, 0.6) is 5.88 Å². The zero-order chi connectivity index (χ0) is 23.1. The molecule has 1 N–H and O–H groups in total. The molecule has 0 unspecified atom stereocenters. The van der Waals surface area contributed by atoms with Crippen LogP contribution < -0.4 is 10.1 Å². The second-order valence-electron chi connectivity index (χ2n) is 8.49. The van der Waals surface area contributed by atoms with Gasteiger partial charge in [-0.05, 0) is 44.2 Å². The SMILES string of the molecule is COc1nc(N[C@@H]2CCN(C)C[C@@H]2F)nn2ccc(-c3ccc4nc(C)n(CCF)c4c3)c12. The molecule has 1 saturated heterocycles. The van der Waals surface area contributed by atoms with Crippen molar-refractivity contribution in [3.63, 3.8) is 0 Å². The number of aromatic nitrogens is 5. The number of piperidine rings is 1. The maximum Gasteiger partial charge on any atom is 0.244 e. The molecule has 2 atom stereocenters. The molecular formula is C23H27F2N7O. The lowest BCUT2D eigenvalue weighted by atomic mass is 10.0. The highest BCUT2D eigenvalue weighted by Gasteiger charge is 2.28. The van der Waals surface area contributed by atoms with E-state index in [1.54, 1.807) is 11.6 Å². The molecule has 4 heterocycles. The number of hydrogen-bond acceptors (Lipinski definition) is 6. The van der Waals surface area contributed by atoms with E-state index in [9.17, 15) is 8.78 Å². The Morgan fingerprint density at radius 3 is 2.85 bits per heavy atom. The minimum absolute atomic E-state index is 0.260. The molecule has 1 fully saturated rings. The molecule has 8 nitrogen and oxygen atoms in total. The van der Waals surface area contributed by atoms with Crippen molar-refractivity contribution in [2.75, 3.05) is 39.2 Å². The highest BCUT2D eigenvalue weighted by Crippen LogP contribution is 2.33. The smallest absolute Gasteiger partial charge is 0.244 e. The molecule has 3 aromatic heterocycles. The Hall–Kier alpha value is -3.27. The number of hydrogen-bond donors (Lipinski definition) is 1. The number of rotatable bonds is 6. The third kappa shape index (κ3) is 3.88. The number of alkyl halides is 2. The minimum atomic E-state index is -1.00. The Labute approximate surface area is 190 Å². The Bertz CT molecular complexity index is 1300. The fourth-order valence-corrected chi connectivity index (χ4v) is 4.59. The molecule has 174 valence electrons. The van der Waals surface area contributed by atoms with Gasteiger partial charge in [0.05, 0.1) is 30.7 Å². The third-order valence-corrected chi connectivity index (χ3v) is 6.29. The number of nitrogens with zero attached hydrogens (tertiary/aromatic N) is 6. The predicted molar refractivity (Wildman–Crippen MR) is 123 cm³/mol. The van der Waals surface area contributed by atoms with Gasteiger partial charge in [0.15, 0.2) is 0 Å². The average molecular weight is 456 g/mol. The lowest BCUT2D eigenvalue weighted by molar-refractivity contribution is 0.149. The van der Waals surface area contributed by atoms with E-state index in [-0.39, 0.29) is 12.6 Å². The first-order valence-corrected chi connectivity index (χ1v) is 11.0. The van der Waals surface area contributed by atoms with Crippen LogP contribution in [0.25, 0.3) is 27.7 Å². The van der Waals surface area contributed by atoms with Gasteiger partial charge in [0.25, 0.3) is 0 Å². The molecule has 0 spiro atoms. The van der Waals surface area contributed by atoms with Gasteiger partial charge in [-0.2, -0.15) is 4.98 Å². The summed E-state index contributed by atoms with van der Waals surface area (Å²) in [6.07, 6.45) is 1.50. The quantitative estimate of drug-likeness (QED) is 0.480. The molecule has 0 bridgehead atoms. The lowest BCUT2D eigenvalue weighted by Crippen LogP contribution is -2.46. The summed E-state index contributed by atoms with van der Waals surface area (Å²) in [6, 6.07) is 7.49. The third-order valence-electron chi connectivity index (χ3n) is 6.29. The minimum Gasteiger partial charge on any atom is -0.479 e. The molecule has 4 aromatic rings. The van der Waals surface area contributed by atoms with E-state index in [2.05, 4.69) is 20.4 Å². The van der Waals surface area contributed by atoms with Gasteiger partial charge in [0.2, 0.25) is 11.8 Å². The molecule has 5 rings (SSSR count). The molecule has 0 saturated carbocycles. The molecular weight excluding hydrogens is 428 g/mol. The summed E-state index contributed by atoms with van der Waals surface area (Å²) < 4.78 is 36.7. The summed E-state index contributed by atoms with van der Waals surface area (Å²) in [7, 11) is 3.47. The van der Waals surface area contributed by atoms with Crippen LogP contribution in [0, 0.1) is 6.92 Å². The largest absolute Gasteiger partial charge is 0.479 e. The van der Waals surface area contributed by atoms with Crippen molar-refractivity contribution >= 4 is 22.5 Å². The summed E-state index contributed by atoms with van der Waals surface area (Å²) in [5, 5.41) is 7.70. The molecule has 33 heavy (non-hydrogen) atoms. The van der Waals surface area contributed by atoms with Gasteiger partial charge in [-0.15, -0.1) is 5.10 Å². The Morgan fingerprint density at radius 2 is 2.09 bits per heavy atom. The van der Waals surface area contributed by atoms with Crippen LogP contribution in [0.4, 0.5) is 14.7 Å². The normalized spacial score (nSPS) is 19.4. The first-order valence-electron chi connectivity index (χ1n) is 11.0.